The Hall–Kier alpha value is -3.09. The number of nitrogens with zero attached hydrogens (tertiary/aromatic N) is 3. The predicted molar refractivity (Wildman–Crippen MR) is 99.4 cm³/mol. The number of hydrogen-bond donors (Lipinski definition) is 1. The van der Waals surface area contributed by atoms with Gasteiger partial charge in [-0.25, -0.2) is 9.97 Å². The molecular weight excluding hydrogens is 332 g/mol. The van der Waals surface area contributed by atoms with Crippen molar-refractivity contribution in [2.75, 3.05) is 32.2 Å². The fourth-order valence-corrected chi connectivity index (χ4v) is 2.49. The number of hydrogen-bond acceptors (Lipinski definition) is 6. The summed E-state index contributed by atoms with van der Waals surface area (Å²) in [7, 11) is 3.75. The van der Waals surface area contributed by atoms with Gasteiger partial charge in [-0.1, -0.05) is 6.07 Å². The summed E-state index contributed by atoms with van der Waals surface area (Å²) in [6, 6.07) is 5.54. The van der Waals surface area contributed by atoms with Crippen LogP contribution in [0.4, 0.5) is 5.95 Å². The van der Waals surface area contributed by atoms with Crippen LogP contribution in [0.1, 0.15) is 24.1 Å². The first-order valence-corrected chi connectivity index (χ1v) is 8.40. The SMILES string of the molecule is CC(NC(=O)/C=C/c1cnc(N(C)C)nc1)c1ccc2c(c1)OCCO2. The van der Waals surface area contributed by atoms with Crippen molar-refractivity contribution in [1.82, 2.24) is 15.3 Å². The molecule has 1 aliphatic rings. The Morgan fingerprint density at radius 1 is 1.19 bits per heavy atom. The molecule has 1 amide bonds. The lowest BCUT2D eigenvalue weighted by Gasteiger charge is -2.20. The third-order valence-corrected chi connectivity index (χ3v) is 3.91. The second-order valence-electron chi connectivity index (χ2n) is 6.18. The van der Waals surface area contributed by atoms with Crippen LogP contribution >= 0.6 is 0 Å². The summed E-state index contributed by atoms with van der Waals surface area (Å²) in [6.45, 7) is 3.02. The van der Waals surface area contributed by atoms with E-state index >= 15 is 0 Å². The van der Waals surface area contributed by atoms with Crippen molar-refractivity contribution < 1.29 is 14.3 Å². The zero-order chi connectivity index (χ0) is 18.5. The van der Waals surface area contributed by atoms with E-state index in [1.807, 2.05) is 44.1 Å². The zero-order valence-corrected chi connectivity index (χ0v) is 15.1. The first kappa shape index (κ1) is 17.7. The largest absolute Gasteiger partial charge is 0.486 e. The number of carbonyl (C=O) groups is 1. The average molecular weight is 354 g/mol. The van der Waals surface area contributed by atoms with Crippen LogP contribution in [0, 0.1) is 0 Å². The Bertz CT molecular complexity index is 803. The maximum Gasteiger partial charge on any atom is 0.244 e. The van der Waals surface area contributed by atoms with Gasteiger partial charge in [-0.2, -0.15) is 0 Å². The molecule has 3 rings (SSSR count). The van der Waals surface area contributed by atoms with Gasteiger partial charge < -0.3 is 19.7 Å². The van der Waals surface area contributed by atoms with E-state index in [2.05, 4.69) is 15.3 Å². The van der Waals surface area contributed by atoms with Crippen molar-refractivity contribution in [3.8, 4) is 11.5 Å². The van der Waals surface area contributed by atoms with Crippen molar-refractivity contribution >= 4 is 17.9 Å². The van der Waals surface area contributed by atoms with E-state index < -0.39 is 0 Å². The fraction of sp³-hybridized carbons (Fsp3) is 0.316. The summed E-state index contributed by atoms with van der Waals surface area (Å²) in [5.41, 5.74) is 1.72. The quantitative estimate of drug-likeness (QED) is 0.830. The Morgan fingerprint density at radius 2 is 1.88 bits per heavy atom. The van der Waals surface area contributed by atoms with Gasteiger partial charge in [0.2, 0.25) is 11.9 Å². The molecule has 0 saturated carbocycles. The Balaban J connectivity index is 1.60. The van der Waals surface area contributed by atoms with Crippen LogP contribution in [0.25, 0.3) is 6.08 Å². The summed E-state index contributed by atoms with van der Waals surface area (Å²) in [4.78, 5) is 22.4. The third kappa shape index (κ3) is 4.30. The Kier molecular flexibility index (Phi) is 5.36. The predicted octanol–water partition coefficient (Wildman–Crippen LogP) is 2.20. The van der Waals surface area contributed by atoms with E-state index in [0.29, 0.717) is 24.9 Å². The van der Waals surface area contributed by atoms with Gasteiger partial charge in [0, 0.05) is 38.1 Å². The van der Waals surface area contributed by atoms with Gasteiger partial charge in [-0.3, -0.25) is 4.79 Å². The minimum Gasteiger partial charge on any atom is -0.486 e. The summed E-state index contributed by atoms with van der Waals surface area (Å²) in [6.07, 6.45) is 6.51. The van der Waals surface area contributed by atoms with Crippen LogP contribution < -0.4 is 19.7 Å². The molecule has 0 saturated heterocycles. The molecule has 136 valence electrons. The van der Waals surface area contributed by atoms with E-state index in [4.69, 9.17) is 9.47 Å². The molecule has 1 aromatic carbocycles. The van der Waals surface area contributed by atoms with E-state index in [1.54, 1.807) is 18.5 Å². The summed E-state index contributed by atoms with van der Waals surface area (Å²) in [5.74, 6) is 1.88. The second kappa shape index (κ2) is 7.86. The number of fused-ring (bicyclic) bond motifs is 1. The van der Waals surface area contributed by atoms with E-state index in [-0.39, 0.29) is 11.9 Å². The van der Waals surface area contributed by atoms with E-state index in [9.17, 15) is 4.79 Å². The molecule has 0 spiro atoms. The summed E-state index contributed by atoms with van der Waals surface area (Å²) < 4.78 is 11.1. The molecule has 0 radical (unpaired) electrons. The summed E-state index contributed by atoms with van der Waals surface area (Å²) in [5, 5.41) is 2.93. The van der Waals surface area contributed by atoms with Gasteiger partial charge in [0.05, 0.1) is 6.04 Å². The van der Waals surface area contributed by atoms with Gasteiger partial charge in [-0.05, 0) is 30.7 Å². The molecule has 2 aromatic rings. The standard InChI is InChI=1S/C19H22N4O3/c1-13(15-5-6-16-17(10-15)26-9-8-25-16)22-18(24)7-4-14-11-20-19(21-12-14)23(2)3/h4-7,10-13H,8-9H2,1-3H3,(H,22,24)/b7-4+. The number of aromatic nitrogens is 2. The number of anilines is 1. The van der Waals surface area contributed by atoms with Gasteiger partial charge in [0.15, 0.2) is 11.5 Å². The second-order valence-corrected chi connectivity index (χ2v) is 6.18. The molecule has 1 atom stereocenters. The summed E-state index contributed by atoms with van der Waals surface area (Å²) >= 11 is 0. The zero-order valence-electron chi connectivity index (χ0n) is 15.1. The molecule has 0 fully saturated rings. The third-order valence-electron chi connectivity index (χ3n) is 3.91. The van der Waals surface area contributed by atoms with Crippen LogP contribution in [-0.2, 0) is 4.79 Å². The lowest BCUT2D eigenvalue weighted by atomic mass is 10.1. The molecule has 7 nitrogen and oxygen atoms in total. The first-order valence-electron chi connectivity index (χ1n) is 8.40. The molecule has 0 bridgehead atoms. The van der Waals surface area contributed by atoms with E-state index in [1.165, 1.54) is 6.08 Å². The van der Waals surface area contributed by atoms with Crippen molar-refractivity contribution in [2.45, 2.75) is 13.0 Å². The lowest BCUT2D eigenvalue weighted by Crippen LogP contribution is -2.25. The van der Waals surface area contributed by atoms with Crippen molar-refractivity contribution in [2.24, 2.45) is 0 Å². The normalized spacial score (nSPS) is 14.1. The highest BCUT2D eigenvalue weighted by Crippen LogP contribution is 2.32. The number of nitrogens with one attached hydrogen (secondary N) is 1. The molecular formula is C19H22N4O3. The minimum absolute atomic E-state index is 0.157. The van der Waals surface area contributed by atoms with E-state index in [0.717, 1.165) is 16.9 Å². The fourth-order valence-electron chi connectivity index (χ4n) is 2.49. The number of amides is 1. The molecule has 1 aliphatic heterocycles. The molecule has 0 aliphatic carbocycles. The number of ether oxygens (including phenoxy) is 2. The monoisotopic (exact) mass is 354 g/mol. The molecule has 2 heterocycles. The maximum absolute atomic E-state index is 12.2. The highest BCUT2D eigenvalue weighted by Gasteiger charge is 2.15. The van der Waals surface area contributed by atoms with Crippen LogP contribution in [0.5, 0.6) is 11.5 Å². The molecule has 1 unspecified atom stereocenters. The van der Waals surface area contributed by atoms with Gasteiger partial charge in [0.25, 0.3) is 0 Å². The van der Waals surface area contributed by atoms with Crippen LogP contribution in [0.15, 0.2) is 36.7 Å². The lowest BCUT2D eigenvalue weighted by molar-refractivity contribution is -0.117. The molecule has 1 aromatic heterocycles. The smallest absolute Gasteiger partial charge is 0.244 e. The molecule has 26 heavy (non-hydrogen) atoms. The van der Waals surface area contributed by atoms with Crippen LogP contribution in [-0.4, -0.2) is 43.2 Å². The maximum atomic E-state index is 12.2. The van der Waals surface area contributed by atoms with Gasteiger partial charge in [-0.15, -0.1) is 0 Å². The van der Waals surface area contributed by atoms with Crippen molar-refractivity contribution in [3.05, 3.63) is 47.8 Å². The molecule has 7 heteroatoms. The first-order chi connectivity index (χ1) is 12.5. The number of carbonyl (C=O) groups excluding carboxylic acids is 1. The van der Waals surface area contributed by atoms with Gasteiger partial charge in [0.1, 0.15) is 13.2 Å². The Labute approximate surface area is 152 Å². The number of benzene rings is 1. The van der Waals surface area contributed by atoms with Crippen molar-refractivity contribution in [3.63, 3.8) is 0 Å². The minimum atomic E-state index is -0.191. The number of rotatable bonds is 5. The highest BCUT2D eigenvalue weighted by molar-refractivity contribution is 5.91. The van der Waals surface area contributed by atoms with Crippen LogP contribution in [0.2, 0.25) is 0 Å². The average Bonchev–Trinajstić information content (AvgIpc) is 2.66. The highest BCUT2D eigenvalue weighted by atomic mass is 16.6. The Morgan fingerprint density at radius 3 is 2.58 bits per heavy atom. The topological polar surface area (TPSA) is 76.6 Å². The molecule has 1 N–H and O–H groups in total. The van der Waals surface area contributed by atoms with Crippen LogP contribution in [0.3, 0.4) is 0 Å². The van der Waals surface area contributed by atoms with Gasteiger partial charge >= 0.3 is 0 Å². The van der Waals surface area contributed by atoms with Crippen molar-refractivity contribution in [1.29, 1.82) is 0 Å².